The molecule has 0 fully saturated rings. The van der Waals surface area contributed by atoms with Gasteiger partial charge in [0.25, 0.3) is 0 Å². The molecule has 0 heterocycles. The SMILES string of the molecule is C=O.CCc1ccc(Cl)cc1Cl. The molecule has 0 bridgehead atoms. The van der Waals surface area contributed by atoms with Gasteiger partial charge in [-0.1, -0.05) is 36.2 Å². The highest BCUT2D eigenvalue weighted by Gasteiger charge is 1.96. The van der Waals surface area contributed by atoms with Crippen LogP contribution in [0.4, 0.5) is 0 Å². The van der Waals surface area contributed by atoms with Crippen LogP contribution in [0.25, 0.3) is 0 Å². The minimum atomic E-state index is 0.696. The van der Waals surface area contributed by atoms with Crippen molar-refractivity contribution in [3.63, 3.8) is 0 Å². The first-order chi connectivity index (χ1) is 5.74. The molecule has 3 heteroatoms. The molecule has 0 radical (unpaired) electrons. The Bertz CT molecular complexity index is 248. The van der Waals surface area contributed by atoms with Gasteiger partial charge >= 0.3 is 0 Å². The fourth-order valence-corrected chi connectivity index (χ4v) is 1.35. The summed E-state index contributed by atoms with van der Waals surface area (Å²) < 4.78 is 0. The molecular formula is C9H10Cl2O. The average Bonchev–Trinajstić information content (AvgIpc) is 2.08. The Morgan fingerprint density at radius 3 is 2.33 bits per heavy atom. The average molecular weight is 205 g/mol. The van der Waals surface area contributed by atoms with E-state index >= 15 is 0 Å². The lowest BCUT2D eigenvalue weighted by Crippen LogP contribution is -1.79. The van der Waals surface area contributed by atoms with Gasteiger partial charge in [0.1, 0.15) is 6.79 Å². The number of aryl methyl sites for hydroxylation is 1. The van der Waals surface area contributed by atoms with Crippen molar-refractivity contribution in [3.05, 3.63) is 33.8 Å². The lowest BCUT2D eigenvalue weighted by atomic mass is 10.2. The fraction of sp³-hybridized carbons (Fsp3) is 0.222. The van der Waals surface area contributed by atoms with Gasteiger partial charge in [-0.3, -0.25) is 0 Å². The maximum absolute atomic E-state index is 8.00. The van der Waals surface area contributed by atoms with E-state index in [-0.39, 0.29) is 0 Å². The first kappa shape index (κ1) is 11.5. The fourth-order valence-electron chi connectivity index (χ4n) is 0.808. The molecule has 0 saturated carbocycles. The highest BCUT2D eigenvalue weighted by atomic mass is 35.5. The maximum atomic E-state index is 8.00. The number of hydrogen-bond acceptors (Lipinski definition) is 1. The Morgan fingerprint density at radius 1 is 1.33 bits per heavy atom. The van der Waals surface area contributed by atoms with Gasteiger partial charge in [0.2, 0.25) is 0 Å². The molecule has 0 aliphatic rings. The van der Waals surface area contributed by atoms with Gasteiger partial charge in [-0.05, 0) is 24.1 Å². The summed E-state index contributed by atoms with van der Waals surface area (Å²) in [6, 6.07) is 5.57. The van der Waals surface area contributed by atoms with Crippen molar-refractivity contribution in [1.29, 1.82) is 0 Å². The molecule has 0 atom stereocenters. The second-order valence-electron chi connectivity index (χ2n) is 2.09. The molecule has 1 nitrogen and oxygen atoms in total. The summed E-state index contributed by atoms with van der Waals surface area (Å²) in [5.74, 6) is 0. The molecule has 1 rings (SSSR count). The molecule has 66 valence electrons. The Labute approximate surface area is 82.3 Å². The summed E-state index contributed by atoms with van der Waals surface area (Å²) in [6.45, 7) is 4.06. The molecule has 0 aromatic heterocycles. The highest BCUT2D eigenvalue weighted by Crippen LogP contribution is 2.20. The number of carbonyl (C=O) groups excluding carboxylic acids is 1. The van der Waals surface area contributed by atoms with Crippen LogP contribution in [0, 0.1) is 0 Å². The van der Waals surface area contributed by atoms with Crippen LogP contribution in [0.3, 0.4) is 0 Å². The lowest BCUT2D eigenvalue weighted by Gasteiger charge is -1.98. The quantitative estimate of drug-likeness (QED) is 0.686. The van der Waals surface area contributed by atoms with Gasteiger partial charge in [0, 0.05) is 10.0 Å². The van der Waals surface area contributed by atoms with E-state index in [0.29, 0.717) is 5.02 Å². The topological polar surface area (TPSA) is 17.1 Å². The van der Waals surface area contributed by atoms with Crippen LogP contribution in [-0.4, -0.2) is 6.79 Å². The van der Waals surface area contributed by atoms with E-state index in [1.165, 1.54) is 0 Å². The smallest absolute Gasteiger partial charge is 0.106 e. The third kappa shape index (κ3) is 3.24. The maximum Gasteiger partial charge on any atom is 0.106 e. The van der Waals surface area contributed by atoms with Gasteiger partial charge in [0.05, 0.1) is 0 Å². The molecule has 1 aromatic carbocycles. The number of carbonyl (C=O) groups is 1. The van der Waals surface area contributed by atoms with Gasteiger partial charge in [-0.25, -0.2) is 0 Å². The van der Waals surface area contributed by atoms with Crippen LogP contribution >= 0.6 is 23.2 Å². The first-order valence-electron chi connectivity index (χ1n) is 3.47. The van der Waals surface area contributed by atoms with E-state index in [9.17, 15) is 0 Å². The van der Waals surface area contributed by atoms with Crippen LogP contribution in [0.5, 0.6) is 0 Å². The van der Waals surface area contributed by atoms with E-state index in [2.05, 4.69) is 6.92 Å². The number of benzene rings is 1. The molecule has 12 heavy (non-hydrogen) atoms. The predicted molar refractivity (Wildman–Crippen MR) is 53.0 cm³/mol. The summed E-state index contributed by atoms with van der Waals surface area (Å²) in [5, 5.41) is 1.46. The van der Waals surface area contributed by atoms with Gasteiger partial charge in [-0.2, -0.15) is 0 Å². The van der Waals surface area contributed by atoms with Crippen molar-refractivity contribution >= 4 is 30.0 Å². The summed E-state index contributed by atoms with van der Waals surface area (Å²) in [7, 11) is 0. The lowest BCUT2D eigenvalue weighted by molar-refractivity contribution is -0.0979. The molecule has 0 aliphatic carbocycles. The molecule has 0 N–H and O–H groups in total. The first-order valence-corrected chi connectivity index (χ1v) is 4.22. The van der Waals surface area contributed by atoms with Gasteiger partial charge < -0.3 is 4.79 Å². The molecule has 0 spiro atoms. The van der Waals surface area contributed by atoms with Crippen molar-refractivity contribution in [2.75, 3.05) is 0 Å². The zero-order chi connectivity index (χ0) is 9.56. The van der Waals surface area contributed by atoms with Crippen molar-refractivity contribution in [2.24, 2.45) is 0 Å². The van der Waals surface area contributed by atoms with Gasteiger partial charge in [-0.15, -0.1) is 0 Å². The van der Waals surface area contributed by atoms with Crippen LogP contribution in [0.2, 0.25) is 10.0 Å². The van der Waals surface area contributed by atoms with E-state index < -0.39 is 0 Å². The third-order valence-corrected chi connectivity index (χ3v) is 1.98. The van der Waals surface area contributed by atoms with E-state index in [1.807, 2.05) is 18.9 Å². The minimum Gasteiger partial charge on any atom is -0.307 e. The van der Waals surface area contributed by atoms with Crippen molar-refractivity contribution in [3.8, 4) is 0 Å². The Hall–Kier alpha value is -0.530. The Kier molecular flexibility index (Phi) is 5.77. The molecule has 0 unspecified atom stereocenters. The van der Waals surface area contributed by atoms with Crippen LogP contribution in [0.1, 0.15) is 12.5 Å². The Balaban J connectivity index is 0.000000561. The zero-order valence-corrected chi connectivity index (χ0v) is 8.32. The molecule has 0 saturated heterocycles. The highest BCUT2D eigenvalue weighted by molar-refractivity contribution is 6.35. The largest absolute Gasteiger partial charge is 0.307 e. The monoisotopic (exact) mass is 204 g/mol. The second-order valence-corrected chi connectivity index (χ2v) is 2.93. The number of rotatable bonds is 1. The summed E-state index contributed by atoms with van der Waals surface area (Å²) >= 11 is 11.5. The third-order valence-electron chi connectivity index (χ3n) is 1.40. The van der Waals surface area contributed by atoms with E-state index in [1.54, 1.807) is 6.07 Å². The van der Waals surface area contributed by atoms with Crippen molar-refractivity contribution in [1.82, 2.24) is 0 Å². The zero-order valence-electron chi connectivity index (χ0n) is 6.81. The Morgan fingerprint density at radius 2 is 1.92 bits per heavy atom. The molecular weight excluding hydrogens is 195 g/mol. The predicted octanol–water partition coefficient (Wildman–Crippen LogP) is 3.37. The summed E-state index contributed by atoms with van der Waals surface area (Å²) in [5.41, 5.74) is 1.14. The standard InChI is InChI=1S/C8H8Cl2.CH2O/c1-2-6-3-4-7(9)5-8(6)10;1-2/h3-5H,2H2,1H3;1H2. The number of hydrogen-bond donors (Lipinski definition) is 0. The van der Waals surface area contributed by atoms with Gasteiger partial charge in [0.15, 0.2) is 0 Å². The van der Waals surface area contributed by atoms with Crippen LogP contribution in [0.15, 0.2) is 18.2 Å². The molecule has 0 amide bonds. The summed E-state index contributed by atoms with van der Waals surface area (Å²) in [6.07, 6.45) is 0.954. The van der Waals surface area contributed by atoms with Crippen molar-refractivity contribution < 1.29 is 4.79 Å². The minimum absolute atomic E-state index is 0.696. The second kappa shape index (κ2) is 6.04. The van der Waals surface area contributed by atoms with Crippen molar-refractivity contribution in [2.45, 2.75) is 13.3 Å². The van der Waals surface area contributed by atoms with E-state index in [0.717, 1.165) is 17.0 Å². The van der Waals surface area contributed by atoms with E-state index in [4.69, 9.17) is 28.0 Å². The van der Waals surface area contributed by atoms with Crippen LogP contribution < -0.4 is 0 Å². The molecule has 1 aromatic rings. The van der Waals surface area contributed by atoms with Crippen LogP contribution in [-0.2, 0) is 11.2 Å². The number of halogens is 2. The normalized spacial score (nSPS) is 8.58. The molecule has 0 aliphatic heterocycles. The summed E-state index contributed by atoms with van der Waals surface area (Å²) in [4.78, 5) is 8.00.